The van der Waals surface area contributed by atoms with Crippen LogP contribution in [-0.4, -0.2) is 19.0 Å². The molecule has 0 fully saturated rings. The molecule has 1 amide bonds. The highest BCUT2D eigenvalue weighted by Gasteiger charge is 2.08. The van der Waals surface area contributed by atoms with E-state index in [-0.39, 0.29) is 12.6 Å². The van der Waals surface area contributed by atoms with E-state index in [4.69, 9.17) is 5.73 Å². The maximum Gasteiger partial charge on any atom is 0.207 e. The second kappa shape index (κ2) is 5.41. The summed E-state index contributed by atoms with van der Waals surface area (Å²) in [6, 6.07) is 3.37. The van der Waals surface area contributed by atoms with Gasteiger partial charge in [0.2, 0.25) is 6.41 Å². The van der Waals surface area contributed by atoms with E-state index in [9.17, 15) is 13.6 Å². The molecule has 0 aliphatic carbocycles. The lowest BCUT2D eigenvalue weighted by Crippen LogP contribution is -2.36. The van der Waals surface area contributed by atoms with Crippen molar-refractivity contribution in [3.8, 4) is 0 Å². The molecule has 1 atom stereocenters. The van der Waals surface area contributed by atoms with Gasteiger partial charge < -0.3 is 11.1 Å². The minimum absolute atomic E-state index is 0.248. The molecule has 0 saturated carbocycles. The van der Waals surface area contributed by atoms with Crippen LogP contribution in [0.1, 0.15) is 5.56 Å². The molecule has 0 spiro atoms. The second-order valence-corrected chi connectivity index (χ2v) is 3.17. The van der Waals surface area contributed by atoms with Gasteiger partial charge in [-0.25, -0.2) is 8.78 Å². The van der Waals surface area contributed by atoms with Crippen molar-refractivity contribution >= 4 is 6.41 Å². The first-order chi connectivity index (χ1) is 7.17. The first kappa shape index (κ1) is 11.6. The summed E-state index contributed by atoms with van der Waals surface area (Å²) in [6.45, 7) is 0.248. The van der Waals surface area contributed by atoms with Gasteiger partial charge >= 0.3 is 0 Å². The third-order valence-corrected chi connectivity index (χ3v) is 2.05. The van der Waals surface area contributed by atoms with Crippen LogP contribution in [0.2, 0.25) is 0 Å². The molecule has 3 nitrogen and oxygen atoms in total. The molecule has 15 heavy (non-hydrogen) atoms. The quantitative estimate of drug-likeness (QED) is 0.704. The molecule has 3 N–H and O–H groups in total. The monoisotopic (exact) mass is 214 g/mol. The number of rotatable bonds is 5. The maximum atomic E-state index is 12.8. The van der Waals surface area contributed by atoms with Crippen LogP contribution in [-0.2, 0) is 11.2 Å². The topological polar surface area (TPSA) is 55.1 Å². The Bertz CT molecular complexity index is 344. The van der Waals surface area contributed by atoms with E-state index in [0.717, 1.165) is 12.1 Å². The van der Waals surface area contributed by atoms with E-state index < -0.39 is 11.6 Å². The zero-order valence-electron chi connectivity index (χ0n) is 8.04. The Hall–Kier alpha value is -1.49. The minimum atomic E-state index is -0.894. The molecule has 0 saturated heterocycles. The summed E-state index contributed by atoms with van der Waals surface area (Å²) in [5.41, 5.74) is 5.98. The highest BCUT2D eigenvalue weighted by Crippen LogP contribution is 2.10. The van der Waals surface area contributed by atoms with Crippen LogP contribution in [0.5, 0.6) is 0 Å². The Morgan fingerprint density at radius 1 is 1.40 bits per heavy atom. The highest BCUT2D eigenvalue weighted by atomic mass is 19.2. The fraction of sp³-hybridized carbons (Fsp3) is 0.300. The Balaban J connectivity index is 2.70. The van der Waals surface area contributed by atoms with E-state index >= 15 is 0 Å². The van der Waals surface area contributed by atoms with Crippen LogP contribution >= 0.6 is 0 Å². The Labute approximate surface area is 86.3 Å². The molecule has 0 radical (unpaired) electrons. The van der Waals surface area contributed by atoms with Crippen molar-refractivity contribution in [2.24, 2.45) is 5.73 Å². The van der Waals surface area contributed by atoms with Crippen molar-refractivity contribution in [3.63, 3.8) is 0 Å². The summed E-state index contributed by atoms with van der Waals surface area (Å²) in [5.74, 6) is -1.78. The van der Waals surface area contributed by atoms with Crippen LogP contribution in [0.4, 0.5) is 8.78 Å². The number of hydrogen-bond acceptors (Lipinski definition) is 2. The third-order valence-electron chi connectivity index (χ3n) is 2.05. The van der Waals surface area contributed by atoms with Crippen LogP contribution < -0.4 is 11.1 Å². The van der Waals surface area contributed by atoms with Gasteiger partial charge in [0.05, 0.1) is 0 Å². The lowest BCUT2D eigenvalue weighted by atomic mass is 10.1. The Morgan fingerprint density at radius 3 is 2.67 bits per heavy atom. The second-order valence-electron chi connectivity index (χ2n) is 3.17. The molecule has 1 unspecified atom stereocenters. The van der Waals surface area contributed by atoms with Crippen molar-refractivity contribution in [2.45, 2.75) is 12.5 Å². The molecular formula is C10H12F2N2O. The summed E-state index contributed by atoms with van der Waals surface area (Å²) in [6.07, 6.45) is 0.920. The molecule has 0 heterocycles. The zero-order valence-corrected chi connectivity index (χ0v) is 8.04. The van der Waals surface area contributed by atoms with E-state index in [2.05, 4.69) is 5.32 Å². The SMILES string of the molecule is NCC(Cc1ccc(F)c(F)c1)NC=O. The zero-order chi connectivity index (χ0) is 11.3. The molecule has 0 aliphatic rings. The van der Waals surface area contributed by atoms with Crippen molar-refractivity contribution in [3.05, 3.63) is 35.4 Å². The number of carbonyl (C=O) groups excluding carboxylic acids is 1. The van der Waals surface area contributed by atoms with Crippen molar-refractivity contribution in [2.75, 3.05) is 6.54 Å². The predicted molar refractivity (Wildman–Crippen MR) is 52.1 cm³/mol. The van der Waals surface area contributed by atoms with Gasteiger partial charge in [0.25, 0.3) is 0 Å². The van der Waals surface area contributed by atoms with E-state index in [1.165, 1.54) is 6.07 Å². The van der Waals surface area contributed by atoms with Crippen molar-refractivity contribution in [1.29, 1.82) is 0 Å². The van der Waals surface area contributed by atoms with Gasteiger partial charge in [-0.3, -0.25) is 4.79 Å². The average Bonchev–Trinajstić information content (AvgIpc) is 2.23. The number of nitrogens with two attached hydrogens (primary N) is 1. The van der Waals surface area contributed by atoms with Gasteiger partial charge in [-0.15, -0.1) is 0 Å². The van der Waals surface area contributed by atoms with Gasteiger partial charge in [0, 0.05) is 12.6 Å². The maximum absolute atomic E-state index is 12.8. The van der Waals surface area contributed by atoms with Crippen LogP contribution in [0, 0.1) is 11.6 Å². The molecule has 5 heteroatoms. The number of halogens is 2. The Morgan fingerprint density at radius 2 is 2.13 bits per heavy atom. The summed E-state index contributed by atoms with van der Waals surface area (Å²) >= 11 is 0. The molecule has 1 aromatic rings. The van der Waals surface area contributed by atoms with Gasteiger partial charge in [0.15, 0.2) is 11.6 Å². The number of benzene rings is 1. The number of carbonyl (C=O) groups is 1. The highest BCUT2D eigenvalue weighted by molar-refractivity contribution is 5.46. The van der Waals surface area contributed by atoms with Crippen LogP contribution in [0.15, 0.2) is 18.2 Å². The standard InChI is InChI=1S/C10H12F2N2O/c11-9-2-1-7(4-10(9)12)3-8(5-13)14-6-15/h1-2,4,6,8H,3,5,13H2,(H,14,15). The molecule has 1 aromatic carbocycles. The molecule has 1 rings (SSSR count). The minimum Gasteiger partial charge on any atom is -0.354 e. The van der Waals surface area contributed by atoms with E-state index in [1.807, 2.05) is 0 Å². The fourth-order valence-electron chi connectivity index (χ4n) is 1.26. The van der Waals surface area contributed by atoms with E-state index in [1.54, 1.807) is 0 Å². The summed E-state index contributed by atoms with van der Waals surface area (Å²) in [5, 5.41) is 2.49. The first-order valence-electron chi connectivity index (χ1n) is 4.51. The van der Waals surface area contributed by atoms with Gasteiger partial charge in [-0.2, -0.15) is 0 Å². The fourth-order valence-corrected chi connectivity index (χ4v) is 1.26. The van der Waals surface area contributed by atoms with Gasteiger partial charge in [-0.05, 0) is 24.1 Å². The van der Waals surface area contributed by atoms with Gasteiger partial charge in [0.1, 0.15) is 0 Å². The number of nitrogens with one attached hydrogen (secondary N) is 1. The first-order valence-corrected chi connectivity index (χ1v) is 4.51. The summed E-state index contributed by atoms with van der Waals surface area (Å²) in [7, 11) is 0. The van der Waals surface area contributed by atoms with Gasteiger partial charge in [-0.1, -0.05) is 6.07 Å². The Kier molecular flexibility index (Phi) is 4.17. The smallest absolute Gasteiger partial charge is 0.207 e. The molecule has 0 aromatic heterocycles. The lowest BCUT2D eigenvalue weighted by Gasteiger charge is -2.13. The lowest BCUT2D eigenvalue weighted by molar-refractivity contribution is -0.110. The van der Waals surface area contributed by atoms with Crippen molar-refractivity contribution in [1.82, 2.24) is 5.32 Å². The largest absolute Gasteiger partial charge is 0.354 e. The molecular weight excluding hydrogens is 202 g/mol. The average molecular weight is 214 g/mol. The van der Waals surface area contributed by atoms with Crippen LogP contribution in [0.25, 0.3) is 0 Å². The van der Waals surface area contributed by atoms with Crippen molar-refractivity contribution < 1.29 is 13.6 Å². The summed E-state index contributed by atoms with van der Waals surface area (Å²) < 4.78 is 25.4. The molecule has 82 valence electrons. The number of hydrogen-bond donors (Lipinski definition) is 2. The normalized spacial score (nSPS) is 12.2. The molecule has 0 aliphatic heterocycles. The number of amides is 1. The van der Waals surface area contributed by atoms with E-state index in [0.29, 0.717) is 18.4 Å². The van der Waals surface area contributed by atoms with Crippen LogP contribution in [0.3, 0.4) is 0 Å². The predicted octanol–water partition coefficient (Wildman–Crippen LogP) is 0.581. The summed E-state index contributed by atoms with van der Waals surface area (Å²) in [4.78, 5) is 10.2. The molecule has 0 bridgehead atoms. The third kappa shape index (κ3) is 3.28.